The SMILES string of the molecule is Cn1ncc(C(=O)O)c1NS(C)(=O)=O. The summed E-state index contributed by atoms with van der Waals surface area (Å²) >= 11 is 0. The molecular weight excluding hydrogens is 210 g/mol. The molecule has 0 aliphatic rings. The van der Waals surface area contributed by atoms with Gasteiger partial charge in [0.15, 0.2) is 5.82 Å². The molecule has 7 nitrogen and oxygen atoms in total. The lowest BCUT2D eigenvalue weighted by molar-refractivity contribution is 0.0698. The molecule has 1 aromatic rings. The highest BCUT2D eigenvalue weighted by atomic mass is 32.2. The number of aryl methyl sites for hydroxylation is 1. The average Bonchev–Trinajstić information content (AvgIpc) is 2.29. The molecule has 0 amide bonds. The van der Waals surface area contributed by atoms with Gasteiger partial charge in [-0.3, -0.25) is 9.40 Å². The predicted octanol–water partition coefficient (Wildman–Crippen LogP) is -0.510. The minimum absolute atomic E-state index is 0.0556. The van der Waals surface area contributed by atoms with Gasteiger partial charge in [0.2, 0.25) is 10.0 Å². The molecule has 0 radical (unpaired) electrons. The highest BCUT2D eigenvalue weighted by Gasteiger charge is 2.17. The molecule has 0 spiro atoms. The molecule has 1 rings (SSSR count). The van der Waals surface area contributed by atoms with Crippen LogP contribution in [-0.4, -0.2) is 35.5 Å². The number of aromatic carboxylic acids is 1. The van der Waals surface area contributed by atoms with Crippen LogP contribution in [-0.2, 0) is 17.1 Å². The van der Waals surface area contributed by atoms with Crippen LogP contribution in [0.2, 0.25) is 0 Å². The Hall–Kier alpha value is -1.57. The Balaban J connectivity index is 3.19. The fourth-order valence-electron chi connectivity index (χ4n) is 0.891. The molecule has 0 aliphatic carbocycles. The number of sulfonamides is 1. The van der Waals surface area contributed by atoms with Gasteiger partial charge in [0.05, 0.1) is 12.5 Å². The van der Waals surface area contributed by atoms with Crippen LogP contribution in [0.5, 0.6) is 0 Å². The van der Waals surface area contributed by atoms with Crippen LogP contribution in [0.25, 0.3) is 0 Å². The molecule has 0 bridgehead atoms. The van der Waals surface area contributed by atoms with Crippen molar-refractivity contribution in [2.75, 3.05) is 11.0 Å². The Bertz CT molecular complexity index is 461. The zero-order valence-electron chi connectivity index (χ0n) is 7.55. The van der Waals surface area contributed by atoms with E-state index in [1.54, 1.807) is 0 Å². The lowest BCUT2D eigenvalue weighted by Crippen LogP contribution is -2.15. The topological polar surface area (TPSA) is 101 Å². The standard InChI is InChI=1S/C6H9N3O4S/c1-9-5(8-14(2,12)13)4(3-7-9)6(10)11/h3,8H,1-2H3,(H,10,11). The van der Waals surface area contributed by atoms with E-state index in [-0.39, 0.29) is 11.4 Å². The van der Waals surface area contributed by atoms with Gasteiger partial charge in [0, 0.05) is 7.05 Å². The van der Waals surface area contributed by atoms with E-state index >= 15 is 0 Å². The number of carboxylic acids is 1. The van der Waals surface area contributed by atoms with Gasteiger partial charge in [0.1, 0.15) is 5.56 Å². The molecule has 0 unspecified atom stereocenters. The van der Waals surface area contributed by atoms with Crippen LogP contribution < -0.4 is 4.72 Å². The first-order valence-corrected chi connectivity index (χ1v) is 5.43. The number of carbonyl (C=O) groups is 1. The van der Waals surface area contributed by atoms with E-state index in [2.05, 4.69) is 9.82 Å². The predicted molar refractivity (Wildman–Crippen MR) is 48.6 cm³/mol. The van der Waals surface area contributed by atoms with Gasteiger partial charge in [-0.05, 0) is 0 Å². The minimum Gasteiger partial charge on any atom is -0.477 e. The normalized spacial score (nSPS) is 11.3. The van der Waals surface area contributed by atoms with Crippen LogP contribution in [0.3, 0.4) is 0 Å². The van der Waals surface area contributed by atoms with Crippen molar-refractivity contribution in [1.29, 1.82) is 0 Å². The Kier molecular flexibility index (Phi) is 2.47. The number of hydrogen-bond acceptors (Lipinski definition) is 4. The van der Waals surface area contributed by atoms with Crippen LogP contribution in [0.15, 0.2) is 6.20 Å². The lowest BCUT2D eigenvalue weighted by Gasteiger charge is -2.04. The number of aromatic nitrogens is 2. The maximum absolute atomic E-state index is 10.9. The molecule has 1 heterocycles. The summed E-state index contributed by atoms with van der Waals surface area (Å²) in [6.45, 7) is 0. The Morgan fingerprint density at radius 3 is 2.64 bits per heavy atom. The van der Waals surface area contributed by atoms with E-state index in [4.69, 9.17) is 5.11 Å². The summed E-state index contributed by atoms with van der Waals surface area (Å²) in [6, 6.07) is 0. The second-order valence-corrected chi connectivity index (χ2v) is 4.46. The fourth-order valence-corrected chi connectivity index (χ4v) is 1.48. The van der Waals surface area contributed by atoms with Crippen LogP contribution in [0.1, 0.15) is 10.4 Å². The van der Waals surface area contributed by atoms with E-state index in [0.717, 1.165) is 17.1 Å². The zero-order valence-corrected chi connectivity index (χ0v) is 8.37. The first-order chi connectivity index (χ1) is 6.31. The Morgan fingerprint density at radius 2 is 2.21 bits per heavy atom. The average molecular weight is 219 g/mol. The zero-order chi connectivity index (χ0) is 10.9. The summed E-state index contributed by atoms with van der Waals surface area (Å²) in [5.74, 6) is -1.29. The first kappa shape index (κ1) is 10.5. The molecule has 0 aromatic carbocycles. The van der Waals surface area contributed by atoms with Gasteiger partial charge >= 0.3 is 5.97 Å². The summed E-state index contributed by atoms with van der Waals surface area (Å²) < 4.78 is 25.0. The maximum atomic E-state index is 10.9. The third-order valence-electron chi connectivity index (χ3n) is 1.45. The Labute approximate surface area is 80.4 Å². The molecule has 0 aliphatic heterocycles. The molecule has 14 heavy (non-hydrogen) atoms. The third-order valence-corrected chi connectivity index (χ3v) is 2.02. The second kappa shape index (κ2) is 3.29. The molecule has 2 N–H and O–H groups in total. The van der Waals surface area contributed by atoms with E-state index in [1.807, 2.05) is 0 Å². The summed E-state index contributed by atoms with van der Waals surface area (Å²) in [5, 5.41) is 12.3. The molecule has 0 fully saturated rings. The van der Waals surface area contributed by atoms with Crippen molar-refractivity contribution in [3.63, 3.8) is 0 Å². The molecule has 0 saturated heterocycles. The van der Waals surface area contributed by atoms with Crippen molar-refractivity contribution >= 4 is 21.8 Å². The number of nitrogens with one attached hydrogen (secondary N) is 1. The summed E-state index contributed by atoms with van der Waals surface area (Å²) in [4.78, 5) is 10.6. The largest absolute Gasteiger partial charge is 0.477 e. The van der Waals surface area contributed by atoms with Crippen molar-refractivity contribution in [2.24, 2.45) is 7.05 Å². The van der Waals surface area contributed by atoms with Crippen molar-refractivity contribution in [2.45, 2.75) is 0 Å². The van der Waals surface area contributed by atoms with Gasteiger partial charge in [-0.1, -0.05) is 0 Å². The summed E-state index contributed by atoms with van der Waals surface area (Å²) in [7, 11) is -2.06. The first-order valence-electron chi connectivity index (χ1n) is 3.54. The lowest BCUT2D eigenvalue weighted by atomic mass is 10.3. The number of carboxylic acid groups (broad SMARTS) is 1. The number of nitrogens with zero attached hydrogens (tertiary/aromatic N) is 2. The molecule has 0 saturated carbocycles. The van der Waals surface area contributed by atoms with Crippen LogP contribution in [0.4, 0.5) is 5.82 Å². The molecule has 8 heteroatoms. The van der Waals surface area contributed by atoms with Crippen molar-refractivity contribution < 1.29 is 18.3 Å². The summed E-state index contributed by atoms with van der Waals surface area (Å²) in [6.07, 6.45) is 2.02. The maximum Gasteiger partial charge on any atom is 0.341 e. The summed E-state index contributed by atoms with van der Waals surface area (Å²) in [5.41, 5.74) is -0.182. The second-order valence-electron chi connectivity index (χ2n) is 2.71. The number of rotatable bonds is 3. The fraction of sp³-hybridized carbons (Fsp3) is 0.333. The monoisotopic (exact) mass is 219 g/mol. The van der Waals surface area contributed by atoms with E-state index in [0.29, 0.717) is 0 Å². The van der Waals surface area contributed by atoms with Gasteiger partial charge in [-0.15, -0.1) is 0 Å². The number of hydrogen-bond donors (Lipinski definition) is 2. The van der Waals surface area contributed by atoms with Crippen molar-refractivity contribution in [1.82, 2.24) is 9.78 Å². The van der Waals surface area contributed by atoms with Crippen molar-refractivity contribution in [3.05, 3.63) is 11.8 Å². The molecule has 1 aromatic heterocycles. The molecule has 78 valence electrons. The highest BCUT2D eigenvalue weighted by Crippen LogP contribution is 2.14. The van der Waals surface area contributed by atoms with E-state index in [9.17, 15) is 13.2 Å². The minimum atomic E-state index is -3.50. The van der Waals surface area contributed by atoms with Gasteiger partial charge in [-0.2, -0.15) is 5.10 Å². The van der Waals surface area contributed by atoms with E-state index in [1.165, 1.54) is 7.05 Å². The Morgan fingerprint density at radius 1 is 1.64 bits per heavy atom. The smallest absolute Gasteiger partial charge is 0.341 e. The molecular formula is C6H9N3O4S. The van der Waals surface area contributed by atoms with Gasteiger partial charge in [0.25, 0.3) is 0 Å². The quantitative estimate of drug-likeness (QED) is 0.713. The van der Waals surface area contributed by atoms with E-state index < -0.39 is 16.0 Å². The number of anilines is 1. The van der Waals surface area contributed by atoms with Crippen molar-refractivity contribution in [3.8, 4) is 0 Å². The van der Waals surface area contributed by atoms with Gasteiger partial charge in [-0.25, -0.2) is 13.2 Å². The van der Waals surface area contributed by atoms with Gasteiger partial charge < -0.3 is 5.11 Å². The third kappa shape index (κ3) is 2.22. The highest BCUT2D eigenvalue weighted by molar-refractivity contribution is 7.92. The molecule has 0 atom stereocenters. The van der Waals surface area contributed by atoms with Crippen LogP contribution in [0, 0.1) is 0 Å². The van der Waals surface area contributed by atoms with Crippen LogP contribution >= 0.6 is 0 Å².